The number of benzene rings is 1. The van der Waals surface area contributed by atoms with E-state index < -0.39 is 0 Å². The van der Waals surface area contributed by atoms with Gasteiger partial charge >= 0.3 is 0 Å². The Morgan fingerprint density at radius 2 is 2.31 bits per heavy atom. The van der Waals surface area contributed by atoms with Crippen LogP contribution in [0.2, 0.25) is 5.35 Å². The molecular weight excluding hydrogens is 226 g/mol. The lowest BCUT2D eigenvalue weighted by molar-refractivity contribution is 0.317. The molecule has 0 bridgehead atoms. The molecule has 0 atom stereocenters. The molecular formula is C12H12ClNO2. The molecule has 2 aromatic rings. The standard InChI is InChI=1S/C12H12ClNO2/c1-2-6-15-10-5-3-4-9(7-10)11-8-14-12(13)16-11/h3-5,7-8H,2,6H2,1H3. The molecule has 0 aliphatic carbocycles. The van der Waals surface area contributed by atoms with Gasteiger partial charge in [0.05, 0.1) is 12.8 Å². The van der Waals surface area contributed by atoms with Gasteiger partial charge in [0.25, 0.3) is 5.35 Å². The van der Waals surface area contributed by atoms with Crippen LogP contribution in [0.1, 0.15) is 13.3 Å². The number of hydrogen-bond donors (Lipinski definition) is 0. The molecule has 0 aliphatic heterocycles. The highest BCUT2D eigenvalue weighted by Gasteiger charge is 2.05. The van der Waals surface area contributed by atoms with Gasteiger partial charge in [0.15, 0.2) is 5.76 Å². The van der Waals surface area contributed by atoms with Crippen LogP contribution in [0.15, 0.2) is 34.9 Å². The van der Waals surface area contributed by atoms with Crippen molar-refractivity contribution in [2.24, 2.45) is 0 Å². The molecule has 4 heteroatoms. The Morgan fingerprint density at radius 3 is 3.00 bits per heavy atom. The van der Waals surface area contributed by atoms with E-state index in [2.05, 4.69) is 11.9 Å². The summed E-state index contributed by atoms with van der Waals surface area (Å²) in [7, 11) is 0. The summed E-state index contributed by atoms with van der Waals surface area (Å²) in [6, 6.07) is 7.66. The Balaban J connectivity index is 2.22. The minimum Gasteiger partial charge on any atom is -0.494 e. The smallest absolute Gasteiger partial charge is 0.292 e. The first kappa shape index (κ1) is 11.0. The summed E-state index contributed by atoms with van der Waals surface area (Å²) in [5.41, 5.74) is 0.910. The molecule has 1 heterocycles. The fourth-order valence-electron chi connectivity index (χ4n) is 1.35. The van der Waals surface area contributed by atoms with Crippen LogP contribution in [0.5, 0.6) is 5.75 Å². The summed E-state index contributed by atoms with van der Waals surface area (Å²) in [5.74, 6) is 1.47. The lowest BCUT2D eigenvalue weighted by Crippen LogP contribution is -1.94. The van der Waals surface area contributed by atoms with Crippen molar-refractivity contribution in [2.45, 2.75) is 13.3 Å². The monoisotopic (exact) mass is 237 g/mol. The van der Waals surface area contributed by atoms with E-state index in [0.717, 1.165) is 17.7 Å². The molecule has 84 valence electrons. The summed E-state index contributed by atoms with van der Waals surface area (Å²) in [4.78, 5) is 3.84. The topological polar surface area (TPSA) is 35.3 Å². The molecule has 0 fully saturated rings. The minimum atomic E-state index is 0.148. The van der Waals surface area contributed by atoms with Gasteiger partial charge in [-0.05, 0) is 30.2 Å². The van der Waals surface area contributed by atoms with Gasteiger partial charge in [-0.25, -0.2) is 4.98 Å². The Bertz CT molecular complexity index is 468. The molecule has 0 saturated carbocycles. The van der Waals surface area contributed by atoms with E-state index in [1.807, 2.05) is 24.3 Å². The summed E-state index contributed by atoms with van der Waals surface area (Å²) < 4.78 is 10.8. The van der Waals surface area contributed by atoms with Crippen molar-refractivity contribution in [3.63, 3.8) is 0 Å². The third-order valence-electron chi connectivity index (χ3n) is 2.07. The summed E-state index contributed by atoms with van der Waals surface area (Å²) in [5, 5.41) is 0.148. The maximum atomic E-state index is 5.62. The van der Waals surface area contributed by atoms with Crippen LogP contribution in [0.4, 0.5) is 0 Å². The second-order valence-corrected chi connectivity index (χ2v) is 3.68. The van der Waals surface area contributed by atoms with Crippen LogP contribution in [0, 0.1) is 0 Å². The Morgan fingerprint density at radius 1 is 1.44 bits per heavy atom. The van der Waals surface area contributed by atoms with Crippen molar-refractivity contribution in [1.29, 1.82) is 0 Å². The van der Waals surface area contributed by atoms with Crippen LogP contribution < -0.4 is 4.74 Å². The van der Waals surface area contributed by atoms with Crippen molar-refractivity contribution < 1.29 is 9.15 Å². The van der Waals surface area contributed by atoms with Gasteiger partial charge in [-0.2, -0.15) is 0 Å². The number of nitrogens with zero attached hydrogens (tertiary/aromatic N) is 1. The number of hydrogen-bond acceptors (Lipinski definition) is 3. The Hall–Kier alpha value is -1.48. The average molecular weight is 238 g/mol. The number of ether oxygens (including phenoxy) is 1. The maximum Gasteiger partial charge on any atom is 0.292 e. The summed E-state index contributed by atoms with van der Waals surface area (Å²) in [6.45, 7) is 2.78. The van der Waals surface area contributed by atoms with Crippen LogP contribution >= 0.6 is 11.6 Å². The predicted molar refractivity (Wildman–Crippen MR) is 62.7 cm³/mol. The average Bonchev–Trinajstić information content (AvgIpc) is 2.74. The molecule has 0 amide bonds. The number of oxazole rings is 1. The molecule has 1 aromatic heterocycles. The van der Waals surface area contributed by atoms with E-state index in [-0.39, 0.29) is 5.35 Å². The predicted octanol–water partition coefficient (Wildman–Crippen LogP) is 3.78. The van der Waals surface area contributed by atoms with Crippen LogP contribution in [-0.4, -0.2) is 11.6 Å². The van der Waals surface area contributed by atoms with E-state index in [4.69, 9.17) is 20.8 Å². The van der Waals surface area contributed by atoms with E-state index in [0.29, 0.717) is 12.4 Å². The highest BCUT2D eigenvalue weighted by Crippen LogP contribution is 2.25. The second-order valence-electron chi connectivity index (χ2n) is 3.35. The first-order chi connectivity index (χ1) is 7.79. The molecule has 3 nitrogen and oxygen atoms in total. The highest BCUT2D eigenvalue weighted by molar-refractivity contribution is 6.27. The minimum absolute atomic E-state index is 0.148. The lowest BCUT2D eigenvalue weighted by atomic mass is 10.2. The van der Waals surface area contributed by atoms with Gasteiger partial charge in [0.1, 0.15) is 5.75 Å². The Labute approximate surface area is 99.0 Å². The van der Waals surface area contributed by atoms with E-state index in [9.17, 15) is 0 Å². The Kier molecular flexibility index (Phi) is 3.47. The quantitative estimate of drug-likeness (QED) is 0.812. The van der Waals surface area contributed by atoms with Crippen molar-refractivity contribution in [2.75, 3.05) is 6.61 Å². The summed E-state index contributed by atoms with van der Waals surface area (Å²) in [6.07, 6.45) is 2.58. The van der Waals surface area contributed by atoms with Crippen LogP contribution in [0.3, 0.4) is 0 Å². The van der Waals surface area contributed by atoms with E-state index in [1.165, 1.54) is 0 Å². The molecule has 0 saturated heterocycles. The molecule has 0 radical (unpaired) electrons. The number of rotatable bonds is 4. The number of aromatic nitrogens is 1. The van der Waals surface area contributed by atoms with E-state index in [1.54, 1.807) is 6.20 Å². The second kappa shape index (κ2) is 5.03. The maximum absolute atomic E-state index is 5.62. The molecule has 0 N–H and O–H groups in total. The lowest BCUT2D eigenvalue weighted by Gasteiger charge is -2.05. The molecule has 0 unspecified atom stereocenters. The summed E-state index contributed by atoms with van der Waals surface area (Å²) >= 11 is 5.62. The fourth-order valence-corrected chi connectivity index (χ4v) is 1.48. The van der Waals surface area contributed by atoms with Crippen molar-refractivity contribution in [1.82, 2.24) is 4.98 Å². The van der Waals surface area contributed by atoms with Crippen LogP contribution in [0.25, 0.3) is 11.3 Å². The van der Waals surface area contributed by atoms with Gasteiger partial charge in [-0.15, -0.1) is 0 Å². The van der Waals surface area contributed by atoms with Gasteiger partial charge in [-0.3, -0.25) is 0 Å². The molecule has 0 spiro atoms. The van der Waals surface area contributed by atoms with Crippen LogP contribution in [-0.2, 0) is 0 Å². The van der Waals surface area contributed by atoms with Gasteiger partial charge in [0, 0.05) is 5.56 Å². The third-order valence-corrected chi connectivity index (χ3v) is 2.24. The molecule has 2 rings (SSSR count). The van der Waals surface area contributed by atoms with E-state index >= 15 is 0 Å². The zero-order valence-corrected chi connectivity index (χ0v) is 9.70. The molecule has 0 aliphatic rings. The van der Waals surface area contributed by atoms with Crippen molar-refractivity contribution >= 4 is 11.6 Å². The van der Waals surface area contributed by atoms with Gasteiger partial charge in [0.2, 0.25) is 0 Å². The normalized spacial score (nSPS) is 10.4. The van der Waals surface area contributed by atoms with Gasteiger partial charge in [-0.1, -0.05) is 19.1 Å². The number of halogens is 1. The molecule has 16 heavy (non-hydrogen) atoms. The SMILES string of the molecule is CCCOc1cccc(-c2cnc(Cl)o2)c1. The zero-order valence-electron chi connectivity index (χ0n) is 8.94. The first-order valence-electron chi connectivity index (χ1n) is 5.14. The third kappa shape index (κ3) is 2.55. The zero-order chi connectivity index (χ0) is 11.4. The van der Waals surface area contributed by atoms with Gasteiger partial charge < -0.3 is 9.15 Å². The first-order valence-corrected chi connectivity index (χ1v) is 5.52. The van der Waals surface area contributed by atoms with Crippen molar-refractivity contribution in [3.05, 3.63) is 35.8 Å². The van der Waals surface area contributed by atoms with Crippen molar-refractivity contribution in [3.8, 4) is 17.1 Å². The largest absolute Gasteiger partial charge is 0.494 e. The molecule has 1 aromatic carbocycles. The fraction of sp³-hybridized carbons (Fsp3) is 0.250. The highest BCUT2D eigenvalue weighted by atomic mass is 35.5.